The molecule has 0 heterocycles. The van der Waals surface area contributed by atoms with E-state index in [4.69, 9.17) is 0 Å². The molecular formula is C17H22F3N3O3S. The first-order chi connectivity index (χ1) is 12.6. The lowest BCUT2D eigenvalue weighted by atomic mass is 9.95. The first-order valence-corrected chi connectivity index (χ1v) is 10.4. The Kier molecular flexibility index (Phi) is 6.99. The molecule has 150 valence electrons. The predicted octanol–water partition coefficient (Wildman–Crippen LogP) is 2.75. The van der Waals surface area contributed by atoms with E-state index in [2.05, 4.69) is 10.5 Å². The molecule has 0 aromatic heterocycles. The minimum absolute atomic E-state index is 0.197. The van der Waals surface area contributed by atoms with Crippen LogP contribution in [0.1, 0.15) is 43.2 Å². The second-order valence-corrected chi connectivity index (χ2v) is 8.41. The monoisotopic (exact) mass is 405 g/mol. The fraction of sp³-hybridized carbons (Fsp3) is 0.529. The van der Waals surface area contributed by atoms with Crippen molar-refractivity contribution in [2.24, 2.45) is 5.10 Å². The van der Waals surface area contributed by atoms with Gasteiger partial charge in [-0.1, -0.05) is 37.5 Å². The average Bonchev–Trinajstić information content (AvgIpc) is 2.59. The van der Waals surface area contributed by atoms with Crippen molar-refractivity contribution in [3.8, 4) is 0 Å². The number of alkyl halides is 3. The van der Waals surface area contributed by atoms with Gasteiger partial charge in [0.1, 0.15) is 0 Å². The number of carbonyl (C=O) groups is 1. The lowest BCUT2D eigenvalue weighted by Gasteiger charge is -2.31. The molecule has 0 radical (unpaired) electrons. The Morgan fingerprint density at radius 1 is 1.26 bits per heavy atom. The number of sulfonamides is 1. The summed E-state index contributed by atoms with van der Waals surface area (Å²) in [6.07, 6.45) is 1.58. The molecule has 27 heavy (non-hydrogen) atoms. The number of carbonyl (C=O) groups excluding carboxylic acids is 1. The van der Waals surface area contributed by atoms with Crippen molar-refractivity contribution in [3.05, 3.63) is 35.4 Å². The van der Waals surface area contributed by atoms with Gasteiger partial charge >= 0.3 is 6.18 Å². The van der Waals surface area contributed by atoms with Crippen LogP contribution in [0.2, 0.25) is 0 Å². The number of nitrogens with one attached hydrogen (secondary N) is 1. The summed E-state index contributed by atoms with van der Waals surface area (Å²) in [4.78, 5) is 12.1. The second-order valence-electron chi connectivity index (χ2n) is 6.48. The summed E-state index contributed by atoms with van der Waals surface area (Å²) in [5, 5.41) is 3.55. The number of hydrogen-bond donors (Lipinski definition) is 1. The second kappa shape index (κ2) is 8.83. The smallest absolute Gasteiger partial charge is 0.272 e. The van der Waals surface area contributed by atoms with Gasteiger partial charge in [-0.2, -0.15) is 22.6 Å². The molecule has 1 amide bonds. The minimum atomic E-state index is -4.54. The molecule has 1 aliphatic rings. The van der Waals surface area contributed by atoms with Crippen LogP contribution in [0.25, 0.3) is 0 Å². The van der Waals surface area contributed by atoms with E-state index in [1.165, 1.54) is 18.2 Å². The van der Waals surface area contributed by atoms with E-state index in [-0.39, 0.29) is 11.6 Å². The van der Waals surface area contributed by atoms with Crippen molar-refractivity contribution < 1.29 is 26.4 Å². The lowest BCUT2D eigenvalue weighted by molar-refractivity contribution is -0.137. The molecule has 1 aromatic carbocycles. The highest BCUT2D eigenvalue weighted by Gasteiger charge is 2.32. The van der Waals surface area contributed by atoms with Gasteiger partial charge < -0.3 is 0 Å². The lowest BCUT2D eigenvalue weighted by Crippen LogP contribution is -2.45. The highest BCUT2D eigenvalue weighted by molar-refractivity contribution is 7.88. The Morgan fingerprint density at radius 3 is 2.48 bits per heavy atom. The third-order valence-electron chi connectivity index (χ3n) is 4.37. The van der Waals surface area contributed by atoms with Gasteiger partial charge in [0.25, 0.3) is 5.91 Å². The van der Waals surface area contributed by atoms with Gasteiger partial charge in [-0.05, 0) is 18.9 Å². The Hall–Kier alpha value is -1.94. The number of nitrogens with zero attached hydrogens (tertiary/aromatic N) is 2. The largest absolute Gasteiger partial charge is 0.417 e. The van der Waals surface area contributed by atoms with Gasteiger partial charge in [0.05, 0.1) is 24.6 Å². The van der Waals surface area contributed by atoms with E-state index in [1.54, 1.807) is 0 Å². The summed E-state index contributed by atoms with van der Waals surface area (Å²) in [6, 6.07) is 4.58. The van der Waals surface area contributed by atoms with E-state index in [0.717, 1.165) is 42.1 Å². The predicted molar refractivity (Wildman–Crippen MR) is 95.6 cm³/mol. The molecule has 0 bridgehead atoms. The summed E-state index contributed by atoms with van der Waals surface area (Å²) in [7, 11) is -3.59. The van der Waals surface area contributed by atoms with Crippen LogP contribution in [-0.4, -0.2) is 43.7 Å². The number of hydrazone groups is 1. The van der Waals surface area contributed by atoms with Crippen LogP contribution in [0.15, 0.2) is 29.4 Å². The maximum Gasteiger partial charge on any atom is 0.417 e. The number of hydrogen-bond acceptors (Lipinski definition) is 4. The summed E-state index contributed by atoms with van der Waals surface area (Å²) >= 11 is 0. The maximum absolute atomic E-state index is 12.9. The molecular weight excluding hydrogens is 383 g/mol. The van der Waals surface area contributed by atoms with E-state index >= 15 is 0 Å². The van der Waals surface area contributed by atoms with Crippen LogP contribution in [0.3, 0.4) is 0 Å². The fourth-order valence-electron chi connectivity index (χ4n) is 3.10. The Balaban J connectivity index is 2.03. The van der Waals surface area contributed by atoms with E-state index < -0.39 is 34.2 Å². The number of benzene rings is 1. The van der Waals surface area contributed by atoms with Crippen molar-refractivity contribution in [2.45, 2.75) is 44.3 Å². The van der Waals surface area contributed by atoms with Gasteiger partial charge in [-0.15, -0.1) is 0 Å². The maximum atomic E-state index is 12.9. The molecule has 0 unspecified atom stereocenters. The van der Waals surface area contributed by atoms with Gasteiger partial charge in [-0.25, -0.2) is 13.8 Å². The van der Waals surface area contributed by atoms with E-state index in [0.29, 0.717) is 12.8 Å². The quantitative estimate of drug-likeness (QED) is 0.584. The van der Waals surface area contributed by atoms with Crippen molar-refractivity contribution in [2.75, 3.05) is 12.8 Å². The number of amides is 1. The zero-order valence-corrected chi connectivity index (χ0v) is 15.7. The molecule has 10 heteroatoms. The molecule has 1 aromatic rings. The molecule has 0 atom stereocenters. The first-order valence-electron chi connectivity index (χ1n) is 8.54. The minimum Gasteiger partial charge on any atom is -0.272 e. The van der Waals surface area contributed by atoms with Crippen molar-refractivity contribution >= 4 is 22.1 Å². The average molecular weight is 405 g/mol. The van der Waals surface area contributed by atoms with Crippen LogP contribution >= 0.6 is 0 Å². The van der Waals surface area contributed by atoms with Gasteiger partial charge in [-0.3, -0.25) is 4.79 Å². The summed E-state index contributed by atoms with van der Waals surface area (Å²) < 4.78 is 63.9. The highest BCUT2D eigenvalue weighted by Crippen LogP contribution is 2.31. The molecule has 0 saturated heterocycles. The highest BCUT2D eigenvalue weighted by atomic mass is 32.2. The first kappa shape index (κ1) is 21.4. The third kappa shape index (κ3) is 6.31. The Labute approximate surface area is 156 Å². The van der Waals surface area contributed by atoms with Gasteiger partial charge in [0.2, 0.25) is 10.0 Å². The number of halogens is 3. The molecule has 1 N–H and O–H groups in total. The SMILES string of the molecule is CS(=O)(=O)N(CC(=O)N/N=C/c1ccccc1C(F)(F)F)C1CCCCC1. The topological polar surface area (TPSA) is 78.8 Å². The molecule has 0 spiro atoms. The van der Waals surface area contributed by atoms with Crippen LogP contribution in [0, 0.1) is 0 Å². The third-order valence-corrected chi connectivity index (χ3v) is 5.65. The van der Waals surface area contributed by atoms with Gasteiger partial charge in [0, 0.05) is 11.6 Å². The molecule has 0 aliphatic heterocycles. The summed E-state index contributed by atoms with van der Waals surface area (Å²) in [5.74, 6) is -0.702. The molecule has 6 nitrogen and oxygen atoms in total. The Bertz CT molecular complexity index is 788. The standard InChI is InChI=1S/C17H22F3N3O3S/c1-27(25,26)23(14-8-3-2-4-9-14)12-16(24)22-21-11-13-7-5-6-10-15(13)17(18,19)20/h5-7,10-11,14H,2-4,8-9,12H2,1H3,(H,22,24)/b21-11+. The summed E-state index contributed by atoms with van der Waals surface area (Å²) in [6.45, 7) is -0.415. The molecule has 1 fully saturated rings. The van der Waals surface area contributed by atoms with Crippen LogP contribution in [0.4, 0.5) is 13.2 Å². The molecule has 2 rings (SSSR count). The van der Waals surface area contributed by atoms with E-state index in [9.17, 15) is 26.4 Å². The normalized spacial score (nSPS) is 16.8. The number of rotatable bonds is 6. The summed E-state index contributed by atoms with van der Waals surface area (Å²) in [5.41, 5.74) is 1.04. The zero-order valence-electron chi connectivity index (χ0n) is 14.9. The van der Waals surface area contributed by atoms with Gasteiger partial charge in [0.15, 0.2) is 0 Å². The van der Waals surface area contributed by atoms with Crippen LogP contribution in [-0.2, 0) is 21.0 Å². The van der Waals surface area contributed by atoms with Crippen molar-refractivity contribution in [3.63, 3.8) is 0 Å². The van der Waals surface area contributed by atoms with Crippen molar-refractivity contribution in [1.82, 2.24) is 9.73 Å². The Morgan fingerprint density at radius 2 is 1.89 bits per heavy atom. The van der Waals surface area contributed by atoms with Crippen molar-refractivity contribution in [1.29, 1.82) is 0 Å². The van der Waals surface area contributed by atoms with Crippen LogP contribution in [0.5, 0.6) is 0 Å². The molecule has 1 aliphatic carbocycles. The van der Waals surface area contributed by atoms with Crippen LogP contribution < -0.4 is 5.43 Å². The fourth-order valence-corrected chi connectivity index (χ4v) is 4.21. The molecule has 1 saturated carbocycles. The zero-order chi connectivity index (χ0) is 20.1. The van der Waals surface area contributed by atoms with E-state index in [1.807, 2.05) is 0 Å².